The number of nitrogens with two attached hydrogens (primary N) is 1. The first-order valence-electron chi connectivity index (χ1n) is 5.72. The van der Waals surface area contributed by atoms with Gasteiger partial charge in [0.05, 0.1) is 11.5 Å². The van der Waals surface area contributed by atoms with Crippen molar-refractivity contribution in [1.29, 1.82) is 0 Å². The smallest absolute Gasteiger partial charge is 0.244 e. The summed E-state index contributed by atoms with van der Waals surface area (Å²) >= 11 is 1.37. The average molecular weight is 292 g/mol. The molecule has 2 N–H and O–H groups in total. The van der Waals surface area contributed by atoms with Gasteiger partial charge in [0.2, 0.25) is 10.0 Å². The van der Waals surface area contributed by atoms with Gasteiger partial charge in [0.25, 0.3) is 0 Å². The lowest BCUT2D eigenvalue weighted by Crippen LogP contribution is -2.39. The van der Waals surface area contributed by atoms with Crippen LogP contribution in [0.15, 0.2) is 16.3 Å². The molecule has 0 radical (unpaired) electrons. The first-order chi connectivity index (χ1) is 8.45. The monoisotopic (exact) mass is 292 g/mol. The molecule has 0 aliphatic rings. The second-order valence-corrected chi connectivity index (χ2v) is 6.97. The van der Waals surface area contributed by atoms with E-state index in [0.717, 1.165) is 0 Å². The minimum Gasteiger partial charge on any atom is -0.383 e. The maximum absolute atomic E-state index is 12.5. The highest BCUT2D eigenvalue weighted by molar-refractivity contribution is 7.89. The second-order valence-electron chi connectivity index (χ2n) is 4.11. The van der Waals surface area contributed by atoms with E-state index in [9.17, 15) is 8.42 Å². The molecule has 0 aliphatic carbocycles. The first-order valence-corrected chi connectivity index (χ1v) is 8.04. The van der Waals surface area contributed by atoms with Gasteiger partial charge in [-0.15, -0.1) is 11.3 Å². The van der Waals surface area contributed by atoms with Crippen molar-refractivity contribution in [3.63, 3.8) is 0 Å². The van der Waals surface area contributed by atoms with Crippen LogP contribution in [0.3, 0.4) is 0 Å². The van der Waals surface area contributed by atoms with Crippen molar-refractivity contribution in [1.82, 2.24) is 4.31 Å². The molecule has 7 heteroatoms. The van der Waals surface area contributed by atoms with E-state index in [1.165, 1.54) is 15.6 Å². The summed E-state index contributed by atoms with van der Waals surface area (Å²) in [6.07, 6.45) is 0. The molecule has 0 aromatic carbocycles. The van der Waals surface area contributed by atoms with Crippen molar-refractivity contribution < 1.29 is 13.2 Å². The summed E-state index contributed by atoms with van der Waals surface area (Å²) in [4.78, 5) is 1.01. The largest absolute Gasteiger partial charge is 0.383 e. The molecule has 1 aromatic heterocycles. The minimum atomic E-state index is -3.49. The van der Waals surface area contributed by atoms with Crippen LogP contribution in [0.1, 0.15) is 18.7 Å². The maximum Gasteiger partial charge on any atom is 0.244 e. The lowest BCUT2D eigenvalue weighted by molar-refractivity contribution is 0.171. The zero-order valence-corrected chi connectivity index (χ0v) is 12.6. The van der Waals surface area contributed by atoms with E-state index in [1.807, 2.05) is 13.8 Å². The number of sulfonamides is 1. The molecule has 1 aromatic rings. The summed E-state index contributed by atoms with van der Waals surface area (Å²) in [6.45, 7) is 4.65. The molecule has 0 unspecified atom stereocenters. The molecule has 104 valence electrons. The van der Waals surface area contributed by atoms with E-state index >= 15 is 0 Å². The molecule has 0 aliphatic heterocycles. The van der Waals surface area contributed by atoms with Crippen molar-refractivity contribution >= 4 is 21.4 Å². The number of rotatable bonds is 7. The quantitative estimate of drug-likeness (QED) is 0.821. The number of methoxy groups -OCH3 is 1. The highest BCUT2D eigenvalue weighted by Crippen LogP contribution is 2.25. The summed E-state index contributed by atoms with van der Waals surface area (Å²) in [5.74, 6) is 0. The Labute approximate surface area is 113 Å². The van der Waals surface area contributed by atoms with Crippen molar-refractivity contribution in [2.24, 2.45) is 5.73 Å². The lowest BCUT2D eigenvalue weighted by Gasteiger charge is -2.25. The predicted molar refractivity (Wildman–Crippen MR) is 73.1 cm³/mol. The minimum absolute atomic E-state index is 0.115. The molecule has 0 saturated carbocycles. The van der Waals surface area contributed by atoms with Crippen LogP contribution in [-0.2, 0) is 21.3 Å². The number of hydrogen-bond donors (Lipinski definition) is 1. The van der Waals surface area contributed by atoms with Gasteiger partial charge in [-0.2, -0.15) is 4.31 Å². The van der Waals surface area contributed by atoms with E-state index in [0.29, 0.717) is 22.9 Å². The highest BCUT2D eigenvalue weighted by atomic mass is 32.2. The Hall–Kier alpha value is -0.470. The van der Waals surface area contributed by atoms with E-state index in [-0.39, 0.29) is 12.6 Å². The Kier molecular flexibility index (Phi) is 5.74. The van der Waals surface area contributed by atoms with E-state index < -0.39 is 10.0 Å². The third kappa shape index (κ3) is 3.30. The molecule has 1 rings (SSSR count). The Morgan fingerprint density at radius 2 is 2.17 bits per heavy atom. The third-order valence-electron chi connectivity index (χ3n) is 2.57. The fraction of sp³-hybridized carbons (Fsp3) is 0.636. The van der Waals surface area contributed by atoms with E-state index in [4.69, 9.17) is 10.5 Å². The van der Waals surface area contributed by atoms with Gasteiger partial charge < -0.3 is 10.5 Å². The van der Waals surface area contributed by atoms with Crippen molar-refractivity contribution in [3.05, 3.63) is 16.3 Å². The van der Waals surface area contributed by atoms with Crippen LogP contribution in [0, 0.1) is 0 Å². The van der Waals surface area contributed by atoms with Gasteiger partial charge in [0, 0.05) is 31.1 Å². The van der Waals surface area contributed by atoms with Gasteiger partial charge >= 0.3 is 0 Å². The molecule has 0 saturated heterocycles. The molecule has 0 fully saturated rings. The topological polar surface area (TPSA) is 72.6 Å². The van der Waals surface area contributed by atoms with Crippen LogP contribution in [0.25, 0.3) is 0 Å². The van der Waals surface area contributed by atoms with Gasteiger partial charge in [-0.1, -0.05) is 0 Å². The summed E-state index contributed by atoms with van der Waals surface area (Å²) < 4.78 is 31.5. The van der Waals surface area contributed by atoms with Crippen LogP contribution in [0.2, 0.25) is 0 Å². The van der Waals surface area contributed by atoms with Crippen molar-refractivity contribution in [2.75, 3.05) is 20.3 Å². The summed E-state index contributed by atoms with van der Waals surface area (Å²) in [5.41, 5.74) is 5.57. The number of nitrogens with zero attached hydrogens (tertiary/aromatic N) is 1. The van der Waals surface area contributed by atoms with E-state index in [1.54, 1.807) is 18.6 Å². The SMILES string of the molecule is COCCN(C(C)C)S(=O)(=O)c1ccsc1CN. The lowest BCUT2D eigenvalue weighted by atomic mass is 10.4. The number of thiophene rings is 1. The summed E-state index contributed by atoms with van der Waals surface area (Å²) in [5, 5.41) is 1.75. The molecule has 0 atom stereocenters. The zero-order chi connectivity index (χ0) is 13.8. The third-order valence-corrected chi connectivity index (χ3v) is 5.80. The molecule has 18 heavy (non-hydrogen) atoms. The fourth-order valence-electron chi connectivity index (χ4n) is 1.67. The number of hydrogen-bond acceptors (Lipinski definition) is 5. The zero-order valence-electron chi connectivity index (χ0n) is 10.9. The average Bonchev–Trinajstić information content (AvgIpc) is 2.77. The molecule has 0 spiro atoms. The predicted octanol–water partition coefficient (Wildman–Crippen LogP) is 1.25. The Balaban J connectivity index is 3.09. The Morgan fingerprint density at radius 3 is 2.67 bits per heavy atom. The van der Waals surface area contributed by atoms with Crippen molar-refractivity contribution in [3.8, 4) is 0 Å². The molecular formula is C11H20N2O3S2. The molecular weight excluding hydrogens is 272 g/mol. The van der Waals surface area contributed by atoms with Gasteiger partial charge in [0.15, 0.2) is 0 Å². The molecule has 1 heterocycles. The van der Waals surface area contributed by atoms with Gasteiger partial charge in [-0.3, -0.25) is 0 Å². The van der Waals surface area contributed by atoms with Crippen molar-refractivity contribution in [2.45, 2.75) is 31.3 Å². The van der Waals surface area contributed by atoms with Crippen LogP contribution in [0.4, 0.5) is 0 Å². The standard InChI is InChI=1S/C11H20N2O3S2/c1-9(2)13(5-6-16-3)18(14,15)11-4-7-17-10(11)8-12/h4,7,9H,5-6,8,12H2,1-3H3. The van der Waals surface area contributed by atoms with Gasteiger partial charge in [0.1, 0.15) is 0 Å². The van der Waals surface area contributed by atoms with Crippen LogP contribution < -0.4 is 5.73 Å². The second kappa shape index (κ2) is 6.63. The first kappa shape index (κ1) is 15.6. The fourth-order valence-corrected chi connectivity index (χ4v) is 4.60. The van der Waals surface area contributed by atoms with Gasteiger partial charge in [-0.25, -0.2) is 8.42 Å². The maximum atomic E-state index is 12.5. The molecule has 5 nitrogen and oxygen atoms in total. The molecule has 0 amide bonds. The Morgan fingerprint density at radius 1 is 1.50 bits per heavy atom. The van der Waals surface area contributed by atoms with Crippen LogP contribution in [-0.4, -0.2) is 39.0 Å². The Bertz CT molecular complexity index is 468. The van der Waals surface area contributed by atoms with Crippen LogP contribution in [0.5, 0.6) is 0 Å². The van der Waals surface area contributed by atoms with Crippen LogP contribution >= 0.6 is 11.3 Å². The molecule has 0 bridgehead atoms. The van der Waals surface area contributed by atoms with E-state index in [2.05, 4.69) is 0 Å². The summed E-state index contributed by atoms with van der Waals surface area (Å²) in [6, 6.07) is 1.50. The summed E-state index contributed by atoms with van der Waals surface area (Å²) in [7, 11) is -1.93. The van der Waals surface area contributed by atoms with Gasteiger partial charge in [-0.05, 0) is 25.3 Å². The normalized spacial score (nSPS) is 12.6. The number of ether oxygens (including phenoxy) is 1. The highest BCUT2D eigenvalue weighted by Gasteiger charge is 2.29.